The number of aliphatic imine (C=N–C) groups is 1. The Balaban J connectivity index is 1.39. The molecule has 1 atom stereocenters. The molecule has 2 aromatic heterocycles. The van der Waals surface area contributed by atoms with Crippen LogP contribution in [0.25, 0.3) is 27.6 Å². The van der Waals surface area contributed by atoms with Crippen LogP contribution in [0.1, 0.15) is 33.6 Å². The summed E-state index contributed by atoms with van der Waals surface area (Å²) in [7, 11) is 0. The van der Waals surface area contributed by atoms with Gasteiger partial charge in [-0.1, -0.05) is 140 Å². The quantitative estimate of drug-likeness (QED) is 0.201. The van der Waals surface area contributed by atoms with E-state index in [0.29, 0.717) is 0 Å². The van der Waals surface area contributed by atoms with E-state index < -0.39 is 0 Å². The molecule has 4 aromatic carbocycles. The Labute approximate surface area is 279 Å². The molecule has 3 aliphatic rings. The van der Waals surface area contributed by atoms with Gasteiger partial charge in [-0.05, 0) is 69.8 Å². The lowest BCUT2D eigenvalue weighted by Crippen LogP contribution is -2.22. The van der Waals surface area contributed by atoms with Gasteiger partial charge in [0.05, 0.1) is 11.4 Å². The van der Waals surface area contributed by atoms with Crippen molar-refractivity contribution in [3.05, 3.63) is 231 Å². The fraction of sp³-hybridized carbons (Fsp3) is 0.0227. The lowest BCUT2D eigenvalue weighted by Gasteiger charge is -2.30. The number of hydrogen-bond donors (Lipinski definition) is 2. The fourth-order valence-corrected chi connectivity index (χ4v) is 6.99. The molecular formula is C44H31N4-. The maximum Gasteiger partial charge on any atom is 0.0737 e. The number of nitrogens with one attached hydrogen (secondary N) is 2. The molecule has 0 saturated carbocycles. The summed E-state index contributed by atoms with van der Waals surface area (Å²) < 4.78 is 0. The number of H-pyrrole nitrogens is 2. The molecule has 9 rings (SSSR count). The largest absolute Gasteiger partial charge is 0.674 e. The van der Waals surface area contributed by atoms with Crippen molar-refractivity contribution in [1.82, 2.24) is 9.97 Å². The lowest BCUT2D eigenvalue weighted by molar-refractivity contribution is 1.16. The molecule has 48 heavy (non-hydrogen) atoms. The predicted molar refractivity (Wildman–Crippen MR) is 197 cm³/mol. The van der Waals surface area contributed by atoms with Gasteiger partial charge in [0.2, 0.25) is 0 Å². The van der Waals surface area contributed by atoms with Gasteiger partial charge in [0.15, 0.2) is 0 Å². The molecule has 1 unspecified atom stereocenters. The van der Waals surface area contributed by atoms with Crippen LogP contribution in [0.3, 0.4) is 0 Å². The first kappa shape index (κ1) is 27.9. The van der Waals surface area contributed by atoms with Crippen LogP contribution in [0.2, 0.25) is 0 Å². The molecule has 0 radical (unpaired) electrons. The van der Waals surface area contributed by atoms with Crippen molar-refractivity contribution in [2.45, 2.75) is 6.04 Å². The number of benzene rings is 4. The van der Waals surface area contributed by atoms with E-state index in [2.05, 4.69) is 180 Å². The van der Waals surface area contributed by atoms with E-state index in [1.807, 2.05) is 0 Å². The van der Waals surface area contributed by atoms with Crippen LogP contribution in [-0.2, 0) is 0 Å². The summed E-state index contributed by atoms with van der Waals surface area (Å²) in [6.07, 6.45) is 8.67. The van der Waals surface area contributed by atoms with Crippen molar-refractivity contribution in [2.24, 2.45) is 4.99 Å². The summed E-state index contributed by atoms with van der Waals surface area (Å²) in [5, 5.41) is 7.47. The Hall–Kier alpha value is -6.39. The Bertz CT molecular complexity index is 2440. The number of fused-ring (bicyclic) bond motifs is 7. The van der Waals surface area contributed by atoms with Gasteiger partial charge in [-0.3, -0.25) is 0 Å². The smallest absolute Gasteiger partial charge is 0.0737 e. The SMILES string of the molecule is C1=C/C2=C(\c3ccccc3)c3ccc([nH]3)/C(c3ccccc3)=C3/C=CC([N-]3)/C(c3ccccc3)=c3/cc/c([nH]3)=C(\c3ccccc3)C1=N2. The number of aromatic nitrogens is 2. The summed E-state index contributed by atoms with van der Waals surface area (Å²) in [5.74, 6) is 0. The molecule has 0 aliphatic carbocycles. The van der Waals surface area contributed by atoms with Crippen LogP contribution in [0.15, 0.2) is 186 Å². The molecule has 228 valence electrons. The molecule has 0 spiro atoms. The summed E-state index contributed by atoms with van der Waals surface area (Å²) in [4.78, 5) is 13.0. The zero-order valence-corrected chi connectivity index (χ0v) is 26.1. The minimum atomic E-state index is -0.176. The number of aromatic amines is 2. The van der Waals surface area contributed by atoms with E-state index >= 15 is 0 Å². The van der Waals surface area contributed by atoms with E-state index in [0.717, 1.165) is 83.7 Å². The molecular weight excluding hydrogens is 585 g/mol. The van der Waals surface area contributed by atoms with Crippen molar-refractivity contribution in [2.75, 3.05) is 0 Å². The number of allylic oxidation sites excluding steroid dienone is 3. The van der Waals surface area contributed by atoms with E-state index in [1.165, 1.54) is 0 Å². The van der Waals surface area contributed by atoms with Crippen molar-refractivity contribution in [3.63, 3.8) is 0 Å². The van der Waals surface area contributed by atoms with Crippen LogP contribution in [0, 0.1) is 0 Å². The summed E-state index contributed by atoms with van der Waals surface area (Å²) in [6, 6.07) is 50.7. The molecule has 8 bridgehead atoms. The zero-order valence-electron chi connectivity index (χ0n) is 26.1. The van der Waals surface area contributed by atoms with Crippen LogP contribution in [0.4, 0.5) is 0 Å². The number of nitrogens with zero attached hydrogens (tertiary/aromatic N) is 2. The maximum absolute atomic E-state index is 5.43. The lowest BCUT2D eigenvalue weighted by atomic mass is 9.98. The summed E-state index contributed by atoms with van der Waals surface area (Å²) >= 11 is 0. The van der Waals surface area contributed by atoms with Gasteiger partial charge < -0.3 is 15.3 Å². The first-order valence-corrected chi connectivity index (χ1v) is 16.3. The summed E-state index contributed by atoms with van der Waals surface area (Å²) in [5.41, 5.74) is 13.5. The van der Waals surface area contributed by atoms with Gasteiger partial charge in [0.25, 0.3) is 0 Å². The Morgan fingerprint density at radius 2 is 1.00 bits per heavy atom. The number of hydrogen-bond acceptors (Lipinski definition) is 1. The summed E-state index contributed by atoms with van der Waals surface area (Å²) in [6.45, 7) is 0. The second-order valence-corrected chi connectivity index (χ2v) is 12.1. The standard InChI is InChI=1S/C44H31N4/c1-5-13-29(14-6-1)41-33-21-23-35(45-33)42(30-15-7-2-8-16-30)37-25-27-39(47-37)44(32-19-11-4-12-20-32)40-28-26-38(48-40)43(31-17-9-3-10-18-31)36-24-22-34(41)46-36/h1-28,33,46-47H/q-1/b41-34-,42-35-,43-36-,44-40-. The van der Waals surface area contributed by atoms with Crippen molar-refractivity contribution in [1.29, 1.82) is 0 Å². The highest BCUT2D eigenvalue weighted by molar-refractivity contribution is 6.30. The van der Waals surface area contributed by atoms with Crippen LogP contribution >= 0.6 is 0 Å². The third-order valence-corrected chi connectivity index (χ3v) is 9.16. The van der Waals surface area contributed by atoms with Gasteiger partial charge in [0, 0.05) is 33.2 Å². The average molecular weight is 616 g/mol. The first-order chi connectivity index (χ1) is 23.8. The fourth-order valence-electron chi connectivity index (χ4n) is 6.99. The third kappa shape index (κ3) is 4.91. The molecule has 6 aromatic rings. The Morgan fingerprint density at radius 1 is 0.458 bits per heavy atom. The van der Waals surface area contributed by atoms with Crippen LogP contribution < -0.4 is 10.7 Å². The molecule has 0 amide bonds. The van der Waals surface area contributed by atoms with Crippen LogP contribution in [0.5, 0.6) is 0 Å². The topological polar surface area (TPSA) is 58.0 Å². The zero-order chi connectivity index (χ0) is 31.9. The minimum Gasteiger partial charge on any atom is -0.674 e. The minimum absolute atomic E-state index is 0.176. The van der Waals surface area contributed by atoms with E-state index in [1.54, 1.807) is 0 Å². The highest BCUT2D eigenvalue weighted by Crippen LogP contribution is 2.39. The van der Waals surface area contributed by atoms with E-state index in [-0.39, 0.29) is 6.04 Å². The molecule has 5 heterocycles. The van der Waals surface area contributed by atoms with Gasteiger partial charge in [-0.2, -0.15) is 0 Å². The average Bonchev–Trinajstić information content (AvgIpc) is 3.98. The molecule has 0 fully saturated rings. The van der Waals surface area contributed by atoms with Crippen molar-refractivity contribution < 1.29 is 0 Å². The van der Waals surface area contributed by atoms with Crippen molar-refractivity contribution >= 4 is 28.0 Å². The Morgan fingerprint density at radius 3 is 1.65 bits per heavy atom. The van der Waals surface area contributed by atoms with Crippen molar-refractivity contribution in [3.8, 4) is 0 Å². The maximum atomic E-state index is 5.43. The monoisotopic (exact) mass is 615 g/mol. The van der Waals surface area contributed by atoms with Gasteiger partial charge in [-0.25, -0.2) is 4.99 Å². The van der Waals surface area contributed by atoms with Gasteiger partial charge in [-0.15, -0.1) is 5.70 Å². The normalized spacial score (nSPS) is 22.1. The first-order valence-electron chi connectivity index (χ1n) is 16.3. The van der Waals surface area contributed by atoms with E-state index in [9.17, 15) is 0 Å². The molecule has 4 heteroatoms. The van der Waals surface area contributed by atoms with Gasteiger partial charge >= 0.3 is 0 Å². The Kier molecular flexibility index (Phi) is 6.83. The molecule has 2 N–H and O–H groups in total. The number of rotatable bonds is 4. The second-order valence-electron chi connectivity index (χ2n) is 12.1. The van der Waals surface area contributed by atoms with Crippen LogP contribution in [-0.4, -0.2) is 21.7 Å². The highest BCUT2D eigenvalue weighted by Gasteiger charge is 2.21. The second kappa shape index (κ2) is 11.8. The highest BCUT2D eigenvalue weighted by atomic mass is 15.0. The molecule has 4 nitrogen and oxygen atoms in total. The molecule has 0 saturated heterocycles. The van der Waals surface area contributed by atoms with Gasteiger partial charge in [0.1, 0.15) is 0 Å². The predicted octanol–water partition coefficient (Wildman–Crippen LogP) is 8.30. The third-order valence-electron chi connectivity index (χ3n) is 9.16. The molecule has 3 aliphatic heterocycles. The van der Waals surface area contributed by atoms with E-state index in [4.69, 9.17) is 10.3 Å².